The fraction of sp³-hybridized carbons (Fsp3) is 0.314. The zero-order valence-electron chi connectivity index (χ0n) is 48.7. The van der Waals surface area contributed by atoms with E-state index >= 15 is 0 Å². The molecule has 366 valence electrons. The largest absolute Gasteiger partial charge is 0.311 e. The molecule has 73 heavy (non-hydrogen) atoms. The molecule has 0 aromatic heterocycles. The van der Waals surface area contributed by atoms with Crippen LogP contribution in [-0.4, -0.2) is 6.71 Å². The van der Waals surface area contributed by atoms with E-state index in [0.29, 0.717) is 5.56 Å². The summed E-state index contributed by atoms with van der Waals surface area (Å²) in [4.78, 5) is 4.95. The lowest BCUT2D eigenvalue weighted by atomic mass is 9.32. The van der Waals surface area contributed by atoms with Gasteiger partial charge in [0.1, 0.15) is 0 Å². The van der Waals surface area contributed by atoms with Crippen LogP contribution in [0.15, 0.2) is 158 Å². The number of benzene rings is 8. The predicted octanol–water partition coefficient (Wildman–Crippen LogP) is 16.9. The van der Waals surface area contributed by atoms with Gasteiger partial charge in [-0.25, -0.2) is 0 Å². The molecule has 0 unspecified atom stereocenters. The van der Waals surface area contributed by atoms with Crippen molar-refractivity contribution in [1.82, 2.24) is 0 Å². The van der Waals surface area contributed by atoms with Crippen molar-refractivity contribution in [3.05, 3.63) is 208 Å². The van der Waals surface area contributed by atoms with Crippen molar-refractivity contribution in [2.45, 2.75) is 143 Å². The maximum atomic E-state index is 9.39. The Bertz CT molecular complexity index is 3700. The van der Waals surface area contributed by atoms with Crippen molar-refractivity contribution < 1.29 is 4.11 Å². The van der Waals surface area contributed by atoms with Crippen molar-refractivity contribution in [3.63, 3.8) is 0 Å². The second-order valence-electron chi connectivity index (χ2n) is 26.4. The maximum Gasteiger partial charge on any atom is 0.252 e. The highest BCUT2D eigenvalue weighted by atomic mass is 15.2. The van der Waals surface area contributed by atoms with Gasteiger partial charge < -0.3 is 9.80 Å². The second-order valence-corrected chi connectivity index (χ2v) is 26.4. The topological polar surface area (TPSA) is 6.48 Å². The quantitative estimate of drug-likeness (QED) is 0.162. The average Bonchev–Trinajstić information content (AvgIpc) is 3.55. The molecule has 2 nitrogen and oxygen atoms in total. The molecule has 0 saturated heterocycles. The van der Waals surface area contributed by atoms with Gasteiger partial charge in [-0.05, 0) is 161 Å². The van der Waals surface area contributed by atoms with E-state index in [4.69, 9.17) is 0 Å². The summed E-state index contributed by atoms with van der Waals surface area (Å²) in [6, 6.07) is 58.9. The SMILES string of the molecule is [2H]C([2H])([2H])c1cc2c3c(c1)N(c1ccc(C(C)(C)C)cc1-c1ccccc1)c1cc4c(cc1B3c1cc3c(cc1N2c1ccc(C(C)(C)C)cc1-c1ccccc1)C(C)(C)CC3(C)C)C(C)(C)c1ccccc1C4(C)C. The lowest BCUT2D eigenvalue weighted by Gasteiger charge is -2.48. The van der Waals surface area contributed by atoms with Crippen LogP contribution in [0.5, 0.6) is 0 Å². The molecule has 8 aromatic carbocycles. The van der Waals surface area contributed by atoms with Gasteiger partial charge in [0.05, 0.1) is 11.4 Å². The van der Waals surface area contributed by atoms with Crippen molar-refractivity contribution in [2.75, 3.05) is 9.80 Å². The monoisotopic (exact) mass is 956 g/mol. The summed E-state index contributed by atoms with van der Waals surface area (Å²) in [7, 11) is 0. The van der Waals surface area contributed by atoms with Gasteiger partial charge in [-0.3, -0.25) is 0 Å². The van der Waals surface area contributed by atoms with Crippen LogP contribution in [0, 0.1) is 6.85 Å². The molecule has 0 fully saturated rings. The van der Waals surface area contributed by atoms with Crippen LogP contribution in [0.1, 0.15) is 158 Å². The summed E-state index contributed by atoms with van der Waals surface area (Å²) in [6.45, 7) is 30.3. The molecule has 0 saturated carbocycles. The summed E-state index contributed by atoms with van der Waals surface area (Å²) >= 11 is 0. The molecule has 0 radical (unpaired) electrons. The van der Waals surface area contributed by atoms with Crippen molar-refractivity contribution >= 4 is 57.2 Å². The molecule has 0 amide bonds. The first-order chi connectivity index (χ1) is 35.6. The number of hydrogen-bond acceptors (Lipinski definition) is 2. The Balaban J connectivity index is 1.28. The second kappa shape index (κ2) is 15.7. The van der Waals surface area contributed by atoms with E-state index in [9.17, 15) is 4.11 Å². The molecule has 2 aliphatic carbocycles. The third-order valence-electron chi connectivity index (χ3n) is 17.7. The molecule has 4 aliphatic rings. The number of rotatable bonds is 4. The highest BCUT2D eigenvalue weighted by Crippen LogP contribution is 2.56. The Morgan fingerprint density at radius 2 is 0.808 bits per heavy atom. The molecule has 2 heterocycles. The van der Waals surface area contributed by atoms with Gasteiger partial charge in [-0.15, -0.1) is 0 Å². The molecular weight excluding hydrogens is 880 g/mol. The Hall–Kier alpha value is -6.58. The normalized spacial score (nSPS) is 18.1. The molecule has 0 bridgehead atoms. The van der Waals surface area contributed by atoms with Crippen LogP contribution in [-0.2, 0) is 32.5 Å². The van der Waals surface area contributed by atoms with Crippen molar-refractivity contribution in [2.24, 2.45) is 0 Å². The minimum atomic E-state index is -2.43. The highest BCUT2D eigenvalue weighted by Gasteiger charge is 2.51. The van der Waals surface area contributed by atoms with Crippen LogP contribution in [0.25, 0.3) is 22.3 Å². The predicted molar refractivity (Wildman–Crippen MR) is 315 cm³/mol. The number of anilines is 6. The Morgan fingerprint density at radius 1 is 0.411 bits per heavy atom. The summed E-state index contributed by atoms with van der Waals surface area (Å²) in [5.41, 5.74) is 23.9. The first-order valence-electron chi connectivity index (χ1n) is 28.3. The van der Waals surface area contributed by atoms with Gasteiger partial charge in [0.2, 0.25) is 0 Å². The van der Waals surface area contributed by atoms with Gasteiger partial charge in [0.15, 0.2) is 0 Å². The number of nitrogens with zero attached hydrogens (tertiary/aromatic N) is 2. The zero-order valence-corrected chi connectivity index (χ0v) is 45.7. The molecule has 8 aromatic rings. The van der Waals surface area contributed by atoms with Crippen LogP contribution >= 0.6 is 0 Å². The first kappa shape index (κ1) is 44.0. The summed E-state index contributed by atoms with van der Waals surface area (Å²) < 4.78 is 28.2. The van der Waals surface area contributed by atoms with E-state index in [0.717, 1.165) is 68.3 Å². The van der Waals surface area contributed by atoms with E-state index in [1.54, 1.807) is 0 Å². The number of aryl methyl sites for hydroxylation is 1. The van der Waals surface area contributed by atoms with Gasteiger partial charge in [-0.2, -0.15) is 0 Å². The first-order valence-corrected chi connectivity index (χ1v) is 26.8. The van der Waals surface area contributed by atoms with Gasteiger partial charge >= 0.3 is 0 Å². The van der Waals surface area contributed by atoms with E-state index in [1.165, 1.54) is 55.4 Å². The van der Waals surface area contributed by atoms with E-state index in [-0.39, 0.29) is 39.2 Å². The van der Waals surface area contributed by atoms with Crippen molar-refractivity contribution in [1.29, 1.82) is 0 Å². The third-order valence-corrected chi connectivity index (χ3v) is 17.7. The third kappa shape index (κ3) is 7.11. The zero-order chi connectivity index (χ0) is 54.0. The molecular formula is C70H73BN2. The fourth-order valence-electron chi connectivity index (χ4n) is 14.0. The highest BCUT2D eigenvalue weighted by molar-refractivity contribution is 7.00. The van der Waals surface area contributed by atoms with E-state index in [2.05, 4.69) is 252 Å². The Labute approximate surface area is 441 Å². The minimum Gasteiger partial charge on any atom is -0.311 e. The van der Waals surface area contributed by atoms with Crippen LogP contribution in [0.3, 0.4) is 0 Å². The summed E-state index contributed by atoms with van der Waals surface area (Å²) in [5.74, 6) is 0. The Kier molecular flexibility index (Phi) is 9.47. The summed E-state index contributed by atoms with van der Waals surface area (Å²) in [6.07, 6.45) is 1.02. The molecule has 2 aliphatic heterocycles. The van der Waals surface area contributed by atoms with Gasteiger partial charge in [0.25, 0.3) is 6.71 Å². The van der Waals surface area contributed by atoms with Crippen LogP contribution in [0.2, 0.25) is 0 Å². The molecule has 0 atom stereocenters. The standard InChI is InChI=1S/C70H73BN2/c1-43-34-62-64-63(35-43)73(59-33-31-47(66(5,6)7)37-49(59)45-26-20-17-21-27-45)61-41-55-54(69(12,13)50-28-22-23-29-51(50)70(55,14)15)39-57(61)71(64)56-38-52-53(68(10,11)42-67(52,8)9)40-60(56)72(62)58-32-30-46(65(2,3)4)36-48(58)44-24-18-16-19-25-44/h16-41H,42H2,1-15H3/i1D3. The Morgan fingerprint density at radius 3 is 1.25 bits per heavy atom. The van der Waals surface area contributed by atoms with Gasteiger partial charge in [0, 0.05) is 48.8 Å². The summed E-state index contributed by atoms with van der Waals surface area (Å²) in [5, 5.41) is 0. The lowest BCUT2D eigenvalue weighted by molar-refractivity contribution is 0.403. The average molecular weight is 956 g/mol. The lowest BCUT2D eigenvalue weighted by Crippen LogP contribution is -2.62. The molecule has 0 N–H and O–H groups in total. The van der Waals surface area contributed by atoms with Crippen LogP contribution < -0.4 is 26.2 Å². The minimum absolute atomic E-state index is 0.0784. The van der Waals surface area contributed by atoms with E-state index < -0.39 is 6.85 Å². The molecule has 12 rings (SSSR count). The van der Waals surface area contributed by atoms with E-state index in [1.807, 2.05) is 12.1 Å². The smallest absolute Gasteiger partial charge is 0.252 e. The number of fused-ring (bicyclic) bond motifs is 7. The fourth-order valence-corrected chi connectivity index (χ4v) is 14.0. The number of hydrogen-bond donors (Lipinski definition) is 0. The van der Waals surface area contributed by atoms with Crippen molar-refractivity contribution in [3.8, 4) is 22.3 Å². The molecule has 3 heteroatoms. The maximum absolute atomic E-state index is 9.39. The molecule has 0 spiro atoms. The van der Waals surface area contributed by atoms with Crippen LogP contribution in [0.4, 0.5) is 34.1 Å². The van der Waals surface area contributed by atoms with Gasteiger partial charge in [-0.1, -0.05) is 206 Å².